The molecule has 1 saturated carbocycles. The summed E-state index contributed by atoms with van der Waals surface area (Å²) in [6.07, 6.45) is 7.31. The summed E-state index contributed by atoms with van der Waals surface area (Å²) in [6.45, 7) is 7.97. The van der Waals surface area contributed by atoms with Crippen LogP contribution in [-0.2, 0) is 6.54 Å². The predicted octanol–water partition coefficient (Wildman–Crippen LogP) is 2.68. The molecule has 1 aliphatic carbocycles. The van der Waals surface area contributed by atoms with Gasteiger partial charge in [-0.05, 0) is 42.2 Å². The number of nitrogens with one attached hydrogen (secondary N) is 2. The lowest BCUT2D eigenvalue weighted by atomic mass is 9.64. The minimum Gasteiger partial charge on any atom is -0.394 e. The van der Waals surface area contributed by atoms with Crippen LogP contribution < -0.4 is 5.32 Å². The van der Waals surface area contributed by atoms with Crippen molar-refractivity contribution in [3.8, 4) is 0 Å². The van der Waals surface area contributed by atoms with Crippen LogP contribution in [0.5, 0.6) is 0 Å². The summed E-state index contributed by atoms with van der Waals surface area (Å²) in [7, 11) is 0. The largest absolute Gasteiger partial charge is 0.394 e. The van der Waals surface area contributed by atoms with E-state index in [9.17, 15) is 5.11 Å². The Morgan fingerprint density at radius 1 is 1.44 bits per heavy atom. The Hall–Kier alpha value is -0.800. The Morgan fingerprint density at radius 3 is 2.78 bits per heavy atom. The molecule has 1 aromatic rings. The molecule has 0 aromatic carbocycles. The number of hydrogen-bond acceptors (Lipinski definition) is 2. The van der Waals surface area contributed by atoms with Gasteiger partial charge >= 0.3 is 0 Å². The molecule has 0 bridgehead atoms. The van der Waals surface area contributed by atoms with Gasteiger partial charge in [0.15, 0.2) is 0 Å². The Labute approximate surface area is 110 Å². The van der Waals surface area contributed by atoms with E-state index in [1.165, 1.54) is 12.0 Å². The first-order valence-corrected chi connectivity index (χ1v) is 6.92. The van der Waals surface area contributed by atoms with E-state index < -0.39 is 0 Å². The third kappa shape index (κ3) is 3.15. The van der Waals surface area contributed by atoms with Gasteiger partial charge in [-0.3, -0.25) is 0 Å². The van der Waals surface area contributed by atoms with Gasteiger partial charge in [0.2, 0.25) is 0 Å². The molecule has 1 aliphatic rings. The average Bonchev–Trinajstić information content (AvgIpc) is 2.76. The molecule has 2 atom stereocenters. The normalized spacial score (nSPS) is 31.4. The Kier molecular flexibility index (Phi) is 3.83. The molecule has 1 aromatic heterocycles. The van der Waals surface area contributed by atoms with E-state index in [-0.39, 0.29) is 12.1 Å². The second-order valence-corrected chi connectivity index (χ2v) is 6.87. The van der Waals surface area contributed by atoms with Crippen LogP contribution in [0.4, 0.5) is 0 Å². The van der Waals surface area contributed by atoms with E-state index in [0.29, 0.717) is 11.3 Å². The fourth-order valence-corrected chi connectivity index (χ4v) is 3.81. The van der Waals surface area contributed by atoms with E-state index in [0.717, 1.165) is 19.4 Å². The summed E-state index contributed by atoms with van der Waals surface area (Å²) in [5, 5.41) is 13.5. The van der Waals surface area contributed by atoms with Gasteiger partial charge in [-0.25, -0.2) is 0 Å². The topological polar surface area (TPSA) is 48.0 Å². The molecule has 2 rings (SSSR count). The van der Waals surface area contributed by atoms with Gasteiger partial charge in [-0.1, -0.05) is 20.8 Å². The minimum atomic E-state index is -0.113. The molecule has 1 heterocycles. The van der Waals surface area contributed by atoms with Gasteiger partial charge in [0.25, 0.3) is 0 Å². The first kappa shape index (κ1) is 13.6. The molecule has 0 saturated heterocycles. The number of rotatable bonds is 4. The van der Waals surface area contributed by atoms with Crippen LogP contribution in [0.2, 0.25) is 0 Å². The molecule has 3 nitrogen and oxygen atoms in total. The van der Waals surface area contributed by atoms with E-state index in [1.807, 2.05) is 12.4 Å². The lowest BCUT2D eigenvalue weighted by Gasteiger charge is -2.47. The van der Waals surface area contributed by atoms with Gasteiger partial charge in [-0.2, -0.15) is 0 Å². The Bertz CT molecular complexity index is 372. The molecule has 102 valence electrons. The van der Waals surface area contributed by atoms with Crippen molar-refractivity contribution < 1.29 is 5.11 Å². The molecule has 3 heteroatoms. The second-order valence-electron chi connectivity index (χ2n) is 6.87. The molecule has 0 radical (unpaired) electrons. The van der Waals surface area contributed by atoms with Crippen molar-refractivity contribution in [3.63, 3.8) is 0 Å². The molecular formula is C15H26N2O. The SMILES string of the molecule is CC1CC(C)(C)CC(CO)(NCc2cc[nH]c2)C1. The molecule has 2 unspecified atom stereocenters. The summed E-state index contributed by atoms with van der Waals surface area (Å²) in [5.74, 6) is 0.666. The quantitative estimate of drug-likeness (QED) is 0.769. The van der Waals surface area contributed by atoms with Crippen LogP contribution in [-0.4, -0.2) is 22.2 Å². The van der Waals surface area contributed by atoms with Crippen LogP contribution in [0.1, 0.15) is 45.6 Å². The van der Waals surface area contributed by atoms with Crippen molar-refractivity contribution in [3.05, 3.63) is 24.0 Å². The molecule has 1 fully saturated rings. The summed E-state index contributed by atoms with van der Waals surface area (Å²) < 4.78 is 0. The van der Waals surface area contributed by atoms with E-state index in [1.54, 1.807) is 0 Å². The lowest BCUT2D eigenvalue weighted by molar-refractivity contribution is 0.0352. The van der Waals surface area contributed by atoms with Crippen molar-refractivity contribution in [2.24, 2.45) is 11.3 Å². The molecule has 18 heavy (non-hydrogen) atoms. The van der Waals surface area contributed by atoms with E-state index in [4.69, 9.17) is 0 Å². The number of hydrogen-bond donors (Lipinski definition) is 3. The van der Waals surface area contributed by atoms with Crippen molar-refractivity contribution in [2.45, 2.75) is 52.1 Å². The zero-order valence-electron chi connectivity index (χ0n) is 11.8. The fourth-order valence-electron chi connectivity index (χ4n) is 3.81. The van der Waals surface area contributed by atoms with Gasteiger partial charge in [0, 0.05) is 24.5 Å². The fraction of sp³-hybridized carbons (Fsp3) is 0.733. The highest BCUT2D eigenvalue weighted by molar-refractivity contribution is 5.09. The molecule has 0 spiro atoms. The highest BCUT2D eigenvalue weighted by Crippen LogP contribution is 2.43. The summed E-state index contributed by atoms with van der Waals surface area (Å²) in [6, 6.07) is 2.08. The van der Waals surface area contributed by atoms with Gasteiger partial charge in [-0.15, -0.1) is 0 Å². The van der Waals surface area contributed by atoms with E-state index in [2.05, 4.69) is 37.1 Å². The maximum absolute atomic E-state index is 9.85. The van der Waals surface area contributed by atoms with E-state index >= 15 is 0 Å². The second kappa shape index (κ2) is 5.06. The van der Waals surface area contributed by atoms with Gasteiger partial charge < -0.3 is 15.4 Å². The number of H-pyrrole nitrogens is 1. The Morgan fingerprint density at radius 2 is 2.22 bits per heavy atom. The number of aromatic nitrogens is 1. The Balaban J connectivity index is 2.05. The summed E-state index contributed by atoms with van der Waals surface area (Å²) in [5.41, 5.74) is 1.45. The predicted molar refractivity (Wildman–Crippen MR) is 74.2 cm³/mol. The highest BCUT2D eigenvalue weighted by Gasteiger charge is 2.42. The van der Waals surface area contributed by atoms with Crippen LogP contribution in [0.25, 0.3) is 0 Å². The van der Waals surface area contributed by atoms with Crippen molar-refractivity contribution >= 4 is 0 Å². The minimum absolute atomic E-state index is 0.113. The van der Waals surface area contributed by atoms with Crippen molar-refractivity contribution in [2.75, 3.05) is 6.61 Å². The molecule has 3 N–H and O–H groups in total. The first-order valence-electron chi connectivity index (χ1n) is 6.92. The smallest absolute Gasteiger partial charge is 0.0613 e. The van der Waals surface area contributed by atoms with Crippen LogP contribution in [0.3, 0.4) is 0 Å². The summed E-state index contributed by atoms with van der Waals surface area (Å²) >= 11 is 0. The number of aliphatic hydroxyl groups is 1. The monoisotopic (exact) mass is 250 g/mol. The lowest BCUT2D eigenvalue weighted by Crippen LogP contribution is -2.54. The number of aliphatic hydroxyl groups excluding tert-OH is 1. The maximum atomic E-state index is 9.85. The zero-order valence-corrected chi connectivity index (χ0v) is 11.8. The zero-order chi connectivity index (χ0) is 13.2. The van der Waals surface area contributed by atoms with Crippen molar-refractivity contribution in [1.29, 1.82) is 0 Å². The first-order chi connectivity index (χ1) is 8.45. The molecule has 0 aliphatic heterocycles. The molecular weight excluding hydrogens is 224 g/mol. The highest BCUT2D eigenvalue weighted by atomic mass is 16.3. The van der Waals surface area contributed by atoms with Crippen LogP contribution in [0.15, 0.2) is 18.5 Å². The average molecular weight is 250 g/mol. The van der Waals surface area contributed by atoms with Crippen LogP contribution >= 0.6 is 0 Å². The molecule has 0 amide bonds. The maximum Gasteiger partial charge on any atom is 0.0613 e. The third-order valence-electron chi connectivity index (χ3n) is 4.09. The standard InChI is InChI=1S/C15H26N2O/c1-12-6-14(2,3)10-15(7-12,11-18)17-9-13-4-5-16-8-13/h4-5,8,12,16-18H,6-7,9-11H2,1-3H3. The summed E-state index contributed by atoms with van der Waals surface area (Å²) in [4.78, 5) is 3.07. The number of aromatic amines is 1. The van der Waals surface area contributed by atoms with Gasteiger partial charge in [0.05, 0.1) is 6.61 Å². The van der Waals surface area contributed by atoms with Gasteiger partial charge in [0.1, 0.15) is 0 Å². The van der Waals surface area contributed by atoms with Crippen molar-refractivity contribution in [1.82, 2.24) is 10.3 Å². The third-order valence-corrected chi connectivity index (χ3v) is 4.09. The van der Waals surface area contributed by atoms with Crippen LogP contribution in [0, 0.1) is 11.3 Å².